The first-order chi connectivity index (χ1) is 11.8. The fourth-order valence-electron chi connectivity index (χ4n) is 3.31. The van der Waals surface area contributed by atoms with Gasteiger partial charge in [0, 0.05) is 26.6 Å². The highest BCUT2D eigenvalue weighted by molar-refractivity contribution is 5.96. The monoisotopic (exact) mass is 341 g/mol. The lowest BCUT2D eigenvalue weighted by Gasteiger charge is -2.34. The Morgan fingerprint density at radius 2 is 1.80 bits per heavy atom. The van der Waals surface area contributed by atoms with Gasteiger partial charge >= 0.3 is 0 Å². The van der Waals surface area contributed by atoms with E-state index in [4.69, 9.17) is 4.42 Å². The van der Waals surface area contributed by atoms with E-state index in [2.05, 4.69) is 37.0 Å². The molecule has 0 radical (unpaired) electrons. The molecule has 1 aliphatic rings. The number of amides is 2. The first-order valence-electron chi connectivity index (χ1n) is 8.41. The molecule has 2 heterocycles. The summed E-state index contributed by atoms with van der Waals surface area (Å²) in [6, 6.07) is 6.31. The molecule has 1 saturated heterocycles. The van der Waals surface area contributed by atoms with Crippen molar-refractivity contribution >= 4 is 11.8 Å². The zero-order valence-electron chi connectivity index (χ0n) is 15.1. The molecule has 0 saturated carbocycles. The van der Waals surface area contributed by atoms with Crippen LogP contribution in [0.4, 0.5) is 0 Å². The quantitative estimate of drug-likeness (QED) is 0.860. The molecule has 6 nitrogen and oxygen atoms in total. The van der Waals surface area contributed by atoms with Crippen molar-refractivity contribution in [2.45, 2.75) is 34.2 Å². The maximum Gasteiger partial charge on any atom is 0.276 e. The van der Waals surface area contributed by atoms with E-state index in [0.717, 1.165) is 5.56 Å². The van der Waals surface area contributed by atoms with Gasteiger partial charge in [-0.2, -0.15) is 0 Å². The van der Waals surface area contributed by atoms with Crippen LogP contribution in [0.5, 0.6) is 0 Å². The molecule has 1 aromatic heterocycles. The Hall–Kier alpha value is -2.63. The Labute approximate surface area is 147 Å². The molecule has 0 spiro atoms. The van der Waals surface area contributed by atoms with Gasteiger partial charge < -0.3 is 14.2 Å². The second kappa shape index (κ2) is 6.70. The lowest BCUT2D eigenvalue weighted by atomic mass is 10.1. The van der Waals surface area contributed by atoms with Crippen molar-refractivity contribution in [2.75, 3.05) is 19.6 Å². The minimum Gasteiger partial charge on any atom is -0.445 e. The van der Waals surface area contributed by atoms with Crippen LogP contribution in [-0.2, 0) is 11.3 Å². The normalized spacial score (nSPS) is 15.0. The van der Waals surface area contributed by atoms with Gasteiger partial charge in [-0.15, -0.1) is 0 Å². The summed E-state index contributed by atoms with van der Waals surface area (Å²) in [4.78, 5) is 32.5. The van der Waals surface area contributed by atoms with Gasteiger partial charge in [0.05, 0.1) is 0 Å². The van der Waals surface area contributed by atoms with Crippen molar-refractivity contribution < 1.29 is 14.0 Å². The molecule has 25 heavy (non-hydrogen) atoms. The number of aromatic nitrogens is 1. The van der Waals surface area contributed by atoms with Crippen LogP contribution in [0.3, 0.4) is 0 Å². The largest absolute Gasteiger partial charge is 0.445 e. The van der Waals surface area contributed by atoms with E-state index >= 15 is 0 Å². The van der Waals surface area contributed by atoms with Crippen LogP contribution in [0.1, 0.15) is 38.8 Å². The third-order valence-corrected chi connectivity index (χ3v) is 4.37. The van der Waals surface area contributed by atoms with Crippen molar-refractivity contribution in [1.29, 1.82) is 0 Å². The molecule has 0 unspecified atom stereocenters. The number of carbonyl (C=O) groups is 2. The van der Waals surface area contributed by atoms with Gasteiger partial charge in [-0.25, -0.2) is 4.98 Å². The molecule has 6 heteroatoms. The standard InChI is InChI=1S/C19H23N3O3/c1-12-7-13(2)9-16(8-12)10-21-5-6-22(11-17(21)23)19(24)18-14(3)25-15(4)20-18/h7-9H,5-6,10-11H2,1-4H3. The molecule has 132 valence electrons. The average Bonchev–Trinajstić information content (AvgIpc) is 2.86. The number of hydrogen-bond acceptors (Lipinski definition) is 4. The van der Waals surface area contributed by atoms with Gasteiger partial charge in [0.15, 0.2) is 11.6 Å². The lowest BCUT2D eigenvalue weighted by Crippen LogP contribution is -2.52. The average molecular weight is 341 g/mol. The zero-order valence-corrected chi connectivity index (χ0v) is 15.1. The van der Waals surface area contributed by atoms with E-state index in [1.807, 2.05) is 0 Å². The van der Waals surface area contributed by atoms with E-state index < -0.39 is 0 Å². The fraction of sp³-hybridized carbons (Fsp3) is 0.421. The minimum absolute atomic E-state index is 0.0448. The molecule has 0 N–H and O–H groups in total. The summed E-state index contributed by atoms with van der Waals surface area (Å²) in [5.74, 6) is 0.665. The van der Waals surface area contributed by atoms with Crippen molar-refractivity contribution in [2.24, 2.45) is 0 Å². The number of aryl methyl sites for hydroxylation is 4. The van der Waals surface area contributed by atoms with Crippen LogP contribution < -0.4 is 0 Å². The second-order valence-corrected chi connectivity index (χ2v) is 6.68. The van der Waals surface area contributed by atoms with E-state index in [-0.39, 0.29) is 18.4 Å². The van der Waals surface area contributed by atoms with E-state index in [0.29, 0.717) is 37.0 Å². The smallest absolute Gasteiger partial charge is 0.276 e. The highest BCUT2D eigenvalue weighted by atomic mass is 16.4. The Balaban J connectivity index is 1.67. The number of hydrogen-bond donors (Lipinski definition) is 0. The molecule has 1 fully saturated rings. The first kappa shape index (κ1) is 17.2. The van der Waals surface area contributed by atoms with E-state index in [1.165, 1.54) is 11.1 Å². The number of nitrogens with zero attached hydrogens (tertiary/aromatic N) is 3. The van der Waals surface area contributed by atoms with Crippen LogP contribution in [0, 0.1) is 27.7 Å². The third-order valence-electron chi connectivity index (χ3n) is 4.37. The second-order valence-electron chi connectivity index (χ2n) is 6.68. The number of benzene rings is 1. The van der Waals surface area contributed by atoms with Crippen molar-refractivity contribution in [3.8, 4) is 0 Å². The Morgan fingerprint density at radius 3 is 2.36 bits per heavy atom. The molecule has 1 aliphatic heterocycles. The molecule has 3 rings (SSSR count). The predicted octanol–water partition coefficient (Wildman–Crippen LogP) is 2.39. The molecule has 0 bridgehead atoms. The zero-order chi connectivity index (χ0) is 18.1. The SMILES string of the molecule is Cc1cc(C)cc(CN2CCN(C(=O)c3nc(C)oc3C)CC2=O)c1. The maximum absolute atomic E-state index is 12.6. The molecule has 2 amide bonds. The van der Waals surface area contributed by atoms with E-state index in [1.54, 1.807) is 23.6 Å². The summed E-state index contributed by atoms with van der Waals surface area (Å²) in [5, 5.41) is 0. The Bertz CT molecular complexity index is 805. The molecular formula is C19H23N3O3. The number of piperazine rings is 1. The summed E-state index contributed by atoms with van der Waals surface area (Å²) >= 11 is 0. The van der Waals surface area contributed by atoms with Crippen molar-refractivity contribution in [3.05, 3.63) is 52.2 Å². The van der Waals surface area contributed by atoms with Gasteiger partial charge in [0.2, 0.25) is 5.91 Å². The molecule has 2 aromatic rings. The van der Waals surface area contributed by atoms with Crippen molar-refractivity contribution in [3.63, 3.8) is 0 Å². The lowest BCUT2D eigenvalue weighted by molar-refractivity contribution is -0.135. The highest BCUT2D eigenvalue weighted by Gasteiger charge is 2.30. The van der Waals surface area contributed by atoms with Crippen LogP contribution in [0.2, 0.25) is 0 Å². The predicted molar refractivity (Wildman–Crippen MR) is 93.2 cm³/mol. The molecule has 0 aliphatic carbocycles. The summed E-state index contributed by atoms with van der Waals surface area (Å²) in [6.45, 7) is 9.20. The van der Waals surface area contributed by atoms with Crippen molar-refractivity contribution in [1.82, 2.24) is 14.8 Å². The molecular weight excluding hydrogens is 318 g/mol. The van der Waals surface area contributed by atoms with Gasteiger partial charge in [-0.3, -0.25) is 9.59 Å². The van der Waals surface area contributed by atoms with Gasteiger partial charge in [0.25, 0.3) is 5.91 Å². The van der Waals surface area contributed by atoms with Crippen LogP contribution in [-0.4, -0.2) is 46.2 Å². The van der Waals surface area contributed by atoms with Crippen LogP contribution >= 0.6 is 0 Å². The highest BCUT2D eigenvalue weighted by Crippen LogP contribution is 2.16. The maximum atomic E-state index is 12.6. The number of rotatable bonds is 3. The van der Waals surface area contributed by atoms with Gasteiger partial charge in [0.1, 0.15) is 12.3 Å². The summed E-state index contributed by atoms with van der Waals surface area (Å²) in [7, 11) is 0. The van der Waals surface area contributed by atoms with Crippen LogP contribution in [0.15, 0.2) is 22.6 Å². The summed E-state index contributed by atoms with van der Waals surface area (Å²) < 4.78 is 5.32. The molecule has 0 atom stereocenters. The third kappa shape index (κ3) is 3.73. The molecule has 1 aromatic carbocycles. The van der Waals surface area contributed by atoms with Crippen LogP contribution in [0.25, 0.3) is 0 Å². The number of carbonyl (C=O) groups excluding carboxylic acids is 2. The summed E-state index contributed by atoms with van der Waals surface area (Å²) in [5.41, 5.74) is 3.79. The topological polar surface area (TPSA) is 66.7 Å². The Kier molecular flexibility index (Phi) is 4.61. The fourth-order valence-corrected chi connectivity index (χ4v) is 3.31. The Morgan fingerprint density at radius 1 is 1.12 bits per heavy atom. The minimum atomic E-state index is -0.242. The van der Waals surface area contributed by atoms with Gasteiger partial charge in [-0.05, 0) is 26.3 Å². The summed E-state index contributed by atoms with van der Waals surface area (Å²) in [6.07, 6.45) is 0. The number of oxazole rings is 1. The van der Waals surface area contributed by atoms with Gasteiger partial charge in [-0.1, -0.05) is 29.3 Å². The first-order valence-corrected chi connectivity index (χ1v) is 8.41. The van der Waals surface area contributed by atoms with E-state index in [9.17, 15) is 9.59 Å².